The van der Waals surface area contributed by atoms with Gasteiger partial charge in [0.25, 0.3) is 5.91 Å². The standard InChI is InChI=1S/C22H18N2O3/c1-16(26-20-11-5-7-17(13-20)15-23)22(25)24-18-8-6-12-21(14-18)27-19-9-3-2-4-10-19/h2-14,16H,1H3,(H,24,25). The number of anilines is 1. The quantitative estimate of drug-likeness (QED) is 0.690. The molecule has 0 aliphatic carbocycles. The monoisotopic (exact) mass is 358 g/mol. The van der Waals surface area contributed by atoms with Gasteiger partial charge in [0.05, 0.1) is 11.6 Å². The number of carbonyl (C=O) groups is 1. The summed E-state index contributed by atoms with van der Waals surface area (Å²) >= 11 is 0. The van der Waals surface area contributed by atoms with E-state index in [0.717, 1.165) is 5.75 Å². The molecule has 3 rings (SSSR count). The second kappa shape index (κ2) is 8.54. The summed E-state index contributed by atoms with van der Waals surface area (Å²) in [5.74, 6) is 1.51. The minimum absolute atomic E-state index is 0.297. The predicted octanol–water partition coefficient (Wildman–Crippen LogP) is 4.76. The van der Waals surface area contributed by atoms with Gasteiger partial charge in [-0.2, -0.15) is 5.26 Å². The Morgan fingerprint density at radius 1 is 0.926 bits per heavy atom. The third-order valence-electron chi connectivity index (χ3n) is 3.73. The molecule has 0 bridgehead atoms. The van der Waals surface area contributed by atoms with Gasteiger partial charge in [-0.05, 0) is 49.4 Å². The van der Waals surface area contributed by atoms with Crippen molar-refractivity contribution in [3.63, 3.8) is 0 Å². The lowest BCUT2D eigenvalue weighted by molar-refractivity contribution is -0.122. The number of ether oxygens (including phenoxy) is 2. The van der Waals surface area contributed by atoms with Gasteiger partial charge in [0.2, 0.25) is 0 Å². The largest absolute Gasteiger partial charge is 0.481 e. The van der Waals surface area contributed by atoms with Crippen molar-refractivity contribution in [3.8, 4) is 23.3 Å². The number of nitrogens with one attached hydrogen (secondary N) is 1. The minimum atomic E-state index is -0.724. The van der Waals surface area contributed by atoms with Crippen LogP contribution < -0.4 is 14.8 Å². The number of rotatable bonds is 6. The van der Waals surface area contributed by atoms with Gasteiger partial charge in [0.15, 0.2) is 6.10 Å². The molecule has 0 fully saturated rings. The highest BCUT2D eigenvalue weighted by atomic mass is 16.5. The molecule has 0 saturated heterocycles. The second-order valence-corrected chi connectivity index (χ2v) is 5.83. The van der Waals surface area contributed by atoms with Gasteiger partial charge in [-0.25, -0.2) is 0 Å². The molecule has 27 heavy (non-hydrogen) atoms. The second-order valence-electron chi connectivity index (χ2n) is 5.83. The molecule has 0 radical (unpaired) electrons. The molecule has 1 atom stereocenters. The van der Waals surface area contributed by atoms with Crippen molar-refractivity contribution in [3.05, 3.63) is 84.4 Å². The van der Waals surface area contributed by atoms with Crippen molar-refractivity contribution in [1.82, 2.24) is 0 Å². The molecule has 1 unspecified atom stereocenters. The van der Waals surface area contributed by atoms with Gasteiger partial charge >= 0.3 is 0 Å². The fourth-order valence-corrected chi connectivity index (χ4v) is 2.40. The van der Waals surface area contributed by atoms with E-state index < -0.39 is 6.10 Å². The molecule has 134 valence electrons. The Balaban J connectivity index is 1.63. The van der Waals surface area contributed by atoms with Gasteiger partial charge < -0.3 is 14.8 Å². The first-order valence-corrected chi connectivity index (χ1v) is 8.45. The first-order valence-electron chi connectivity index (χ1n) is 8.45. The Bertz CT molecular complexity index is 965. The zero-order valence-electron chi connectivity index (χ0n) is 14.8. The third-order valence-corrected chi connectivity index (χ3v) is 3.73. The van der Waals surface area contributed by atoms with Crippen molar-refractivity contribution < 1.29 is 14.3 Å². The van der Waals surface area contributed by atoms with Crippen molar-refractivity contribution in [1.29, 1.82) is 5.26 Å². The Labute approximate surface area is 157 Å². The molecule has 0 aliphatic rings. The number of hydrogen-bond donors (Lipinski definition) is 1. The lowest BCUT2D eigenvalue weighted by Crippen LogP contribution is -2.30. The molecule has 5 nitrogen and oxygen atoms in total. The molecule has 1 N–H and O–H groups in total. The summed E-state index contributed by atoms with van der Waals surface area (Å²) in [6, 6.07) is 25.3. The van der Waals surface area contributed by atoms with Gasteiger partial charge in [-0.15, -0.1) is 0 Å². The van der Waals surface area contributed by atoms with E-state index >= 15 is 0 Å². The van der Waals surface area contributed by atoms with Gasteiger partial charge in [0, 0.05) is 11.8 Å². The molecule has 0 spiro atoms. The fourth-order valence-electron chi connectivity index (χ4n) is 2.40. The Hall–Kier alpha value is -3.78. The van der Waals surface area contributed by atoms with E-state index in [1.54, 1.807) is 49.4 Å². The lowest BCUT2D eigenvalue weighted by Gasteiger charge is -2.15. The number of amides is 1. The number of nitriles is 1. The van der Waals surface area contributed by atoms with Crippen LogP contribution in [0.5, 0.6) is 17.2 Å². The third kappa shape index (κ3) is 5.10. The number of carbonyl (C=O) groups excluding carboxylic acids is 1. The normalized spacial score (nSPS) is 11.1. The number of benzene rings is 3. The van der Waals surface area contributed by atoms with Crippen LogP contribution in [0.3, 0.4) is 0 Å². The zero-order chi connectivity index (χ0) is 19.1. The number of para-hydroxylation sites is 1. The first-order chi connectivity index (χ1) is 13.1. The Kier molecular flexibility index (Phi) is 5.70. The van der Waals surface area contributed by atoms with Crippen LogP contribution in [-0.2, 0) is 4.79 Å². The van der Waals surface area contributed by atoms with E-state index in [9.17, 15) is 4.79 Å². The average Bonchev–Trinajstić information content (AvgIpc) is 2.69. The molecule has 0 aromatic heterocycles. The van der Waals surface area contributed by atoms with Crippen molar-refractivity contribution in [2.75, 3.05) is 5.32 Å². The number of nitrogens with zero attached hydrogens (tertiary/aromatic N) is 1. The highest BCUT2D eigenvalue weighted by molar-refractivity contribution is 5.94. The highest BCUT2D eigenvalue weighted by Crippen LogP contribution is 2.24. The summed E-state index contributed by atoms with van der Waals surface area (Å²) in [5.41, 5.74) is 1.08. The van der Waals surface area contributed by atoms with Crippen LogP contribution in [0.25, 0.3) is 0 Å². The van der Waals surface area contributed by atoms with Crippen LogP contribution in [-0.4, -0.2) is 12.0 Å². The summed E-state index contributed by atoms with van der Waals surface area (Å²) in [4.78, 5) is 12.4. The van der Waals surface area contributed by atoms with Crippen molar-refractivity contribution in [2.24, 2.45) is 0 Å². The smallest absolute Gasteiger partial charge is 0.265 e. The van der Waals surface area contributed by atoms with Gasteiger partial charge in [-0.1, -0.05) is 30.3 Å². The Morgan fingerprint density at radius 3 is 2.41 bits per heavy atom. The lowest BCUT2D eigenvalue weighted by atomic mass is 10.2. The number of hydrogen-bond acceptors (Lipinski definition) is 4. The van der Waals surface area contributed by atoms with Crippen molar-refractivity contribution in [2.45, 2.75) is 13.0 Å². The van der Waals surface area contributed by atoms with Crippen LogP contribution in [0.15, 0.2) is 78.9 Å². The topological polar surface area (TPSA) is 71.3 Å². The molecule has 0 aliphatic heterocycles. The summed E-state index contributed by atoms with van der Waals surface area (Å²) in [6.45, 7) is 1.65. The fraction of sp³-hybridized carbons (Fsp3) is 0.0909. The van der Waals surface area contributed by atoms with Crippen LogP contribution in [0.1, 0.15) is 12.5 Å². The molecule has 5 heteroatoms. The van der Waals surface area contributed by atoms with E-state index in [1.165, 1.54) is 0 Å². The zero-order valence-corrected chi connectivity index (χ0v) is 14.8. The van der Waals surface area contributed by atoms with Crippen molar-refractivity contribution >= 4 is 11.6 Å². The van der Waals surface area contributed by atoms with E-state index in [1.807, 2.05) is 42.5 Å². The van der Waals surface area contributed by atoms with E-state index in [2.05, 4.69) is 5.32 Å². The predicted molar refractivity (Wildman–Crippen MR) is 103 cm³/mol. The minimum Gasteiger partial charge on any atom is -0.481 e. The first kappa shape index (κ1) is 18.0. The van der Waals surface area contributed by atoms with Crippen LogP contribution >= 0.6 is 0 Å². The maximum absolute atomic E-state index is 12.4. The summed E-state index contributed by atoms with van der Waals surface area (Å²) in [6.07, 6.45) is -0.724. The average molecular weight is 358 g/mol. The van der Waals surface area contributed by atoms with Gasteiger partial charge in [0.1, 0.15) is 17.2 Å². The van der Waals surface area contributed by atoms with E-state index in [4.69, 9.17) is 14.7 Å². The molecule has 1 amide bonds. The van der Waals surface area contributed by atoms with Crippen LogP contribution in [0, 0.1) is 11.3 Å². The molecular formula is C22H18N2O3. The molecule has 0 heterocycles. The molecule has 3 aromatic rings. The Morgan fingerprint density at radius 2 is 1.63 bits per heavy atom. The highest BCUT2D eigenvalue weighted by Gasteiger charge is 2.15. The van der Waals surface area contributed by atoms with Gasteiger partial charge in [-0.3, -0.25) is 4.79 Å². The van der Waals surface area contributed by atoms with E-state index in [-0.39, 0.29) is 5.91 Å². The summed E-state index contributed by atoms with van der Waals surface area (Å²) < 4.78 is 11.4. The summed E-state index contributed by atoms with van der Waals surface area (Å²) in [5, 5.41) is 11.7. The molecule has 3 aromatic carbocycles. The molecular weight excluding hydrogens is 340 g/mol. The molecule has 0 saturated carbocycles. The maximum atomic E-state index is 12.4. The summed E-state index contributed by atoms with van der Waals surface area (Å²) in [7, 11) is 0. The van der Waals surface area contributed by atoms with E-state index in [0.29, 0.717) is 22.7 Å². The maximum Gasteiger partial charge on any atom is 0.265 e. The van der Waals surface area contributed by atoms with Crippen LogP contribution in [0.2, 0.25) is 0 Å². The SMILES string of the molecule is CC(Oc1cccc(C#N)c1)C(=O)Nc1cccc(Oc2ccccc2)c1. The van der Waals surface area contributed by atoms with Crippen LogP contribution in [0.4, 0.5) is 5.69 Å².